The fourth-order valence-electron chi connectivity index (χ4n) is 1.98. The van der Waals surface area contributed by atoms with Crippen LogP contribution in [0.5, 0.6) is 5.75 Å². The van der Waals surface area contributed by atoms with E-state index >= 15 is 0 Å². The molecule has 0 radical (unpaired) electrons. The minimum Gasteiger partial charge on any atom is -0.495 e. The summed E-state index contributed by atoms with van der Waals surface area (Å²) in [5.74, 6) is -1.05. The first-order chi connectivity index (χ1) is 12.3. The maximum atomic E-state index is 11.9. The maximum Gasteiger partial charge on any atom is 0.338 e. The van der Waals surface area contributed by atoms with Gasteiger partial charge in [-0.3, -0.25) is 14.9 Å². The zero-order valence-corrected chi connectivity index (χ0v) is 14.3. The van der Waals surface area contributed by atoms with Gasteiger partial charge in [0.1, 0.15) is 11.4 Å². The lowest BCUT2D eigenvalue weighted by atomic mass is 10.2. The van der Waals surface area contributed by atoms with Crippen LogP contribution in [0.1, 0.15) is 10.4 Å². The summed E-state index contributed by atoms with van der Waals surface area (Å²) in [7, 11) is 1.46. The Labute approximate surface area is 152 Å². The van der Waals surface area contributed by atoms with Crippen LogP contribution in [0.3, 0.4) is 0 Å². The Balaban J connectivity index is 1.97. The number of nitrogens with two attached hydrogens (primary N) is 1. The number of hydrogen-bond acceptors (Lipinski definition) is 7. The van der Waals surface area contributed by atoms with Gasteiger partial charge in [-0.25, -0.2) is 4.79 Å². The molecule has 0 aliphatic heterocycles. The zero-order valence-electron chi connectivity index (χ0n) is 13.5. The summed E-state index contributed by atoms with van der Waals surface area (Å²) in [5, 5.41) is 13.6. The number of hydrogen-bond donors (Lipinski definition) is 2. The number of amides is 1. The highest BCUT2D eigenvalue weighted by atomic mass is 35.5. The van der Waals surface area contributed by atoms with Gasteiger partial charge in [-0.15, -0.1) is 0 Å². The minimum absolute atomic E-state index is 0.0827. The van der Waals surface area contributed by atoms with Crippen LogP contribution >= 0.6 is 11.6 Å². The van der Waals surface area contributed by atoms with Crippen LogP contribution in [0.2, 0.25) is 5.02 Å². The zero-order chi connectivity index (χ0) is 19.3. The van der Waals surface area contributed by atoms with Crippen molar-refractivity contribution in [3.63, 3.8) is 0 Å². The molecule has 2 rings (SSSR count). The number of benzene rings is 2. The number of anilines is 2. The van der Waals surface area contributed by atoms with Crippen LogP contribution in [0, 0.1) is 10.1 Å². The van der Waals surface area contributed by atoms with Crippen LogP contribution in [0.25, 0.3) is 0 Å². The van der Waals surface area contributed by atoms with Gasteiger partial charge in [0, 0.05) is 11.8 Å². The monoisotopic (exact) mass is 379 g/mol. The van der Waals surface area contributed by atoms with E-state index in [1.807, 2.05) is 0 Å². The second kappa shape index (κ2) is 8.17. The van der Waals surface area contributed by atoms with Crippen LogP contribution < -0.4 is 15.8 Å². The molecule has 9 nitrogen and oxygen atoms in total. The fraction of sp³-hybridized carbons (Fsp3) is 0.125. The van der Waals surface area contributed by atoms with Gasteiger partial charge in [0.25, 0.3) is 11.6 Å². The third kappa shape index (κ3) is 4.61. The number of nitrogens with zero attached hydrogens (tertiary/aromatic N) is 1. The van der Waals surface area contributed by atoms with Gasteiger partial charge in [0.05, 0.1) is 22.6 Å². The Bertz CT molecular complexity index is 871. The normalized spacial score (nSPS) is 10.1. The third-order valence-corrected chi connectivity index (χ3v) is 3.53. The Morgan fingerprint density at radius 1 is 1.27 bits per heavy atom. The Morgan fingerprint density at radius 2 is 2.00 bits per heavy atom. The van der Waals surface area contributed by atoms with Crippen molar-refractivity contribution in [3.05, 3.63) is 57.1 Å². The summed E-state index contributed by atoms with van der Waals surface area (Å²) < 4.78 is 9.84. The van der Waals surface area contributed by atoms with Crippen molar-refractivity contribution in [2.24, 2.45) is 0 Å². The number of halogens is 1. The van der Waals surface area contributed by atoms with Gasteiger partial charge in [0.2, 0.25) is 0 Å². The second-order valence-electron chi connectivity index (χ2n) is 5.00. The number of rotatable bonds is 6. The van der Waals surface area contributed by atoms with Gasteiger partial charge in [-0.2, -0.15) is 0 Å². The van der Waals surface area contributed by atoms with E-state index < -0.39 is 29.1 Å². The number of nitrogens with one attached hydrogen (secondary N) is 1. The van der Waals surface area contributed by atoms with E-state index in [4.69, 9.17) is 26.8 Å². The molecule has 0 saturated carbocycles. The average molecular weight is 380 g/mol. The summed E-state index contributed by atoms with van der Waals surface area (Å²) >= 11 is 5.95. The van der Waals surface area contributed by atoms with Crippen molar-refractivity contribution in [1.29, 1.82) is 0 Å². The molecule has 2 aromatic carbocycles. The molecule has 1 amide bonds. The van der Waals surface area contributed by atoms with E-state index in [1.54, 1.807) is 12.1 Å². The molecule has 0 spiro atoms. The first-order valence-electron chi connectivity index (χ1n) is 7.16. The second-order valence-corrected chi connectivity index (χ2v) is 5.41. The molecule has 0 bridgehead atoms. The van der Waals surface area contributed by atoms with Gasteiger partial charge >= 0.3 is 5.97 Å². The molecular weight excluding hydrogens is 366 g/mol. The molecule has 0 aliphatic carbocycles. The molecule has 0 atom stereocenters. The summed E-state index contributed by atoms with van der Waals surface area (Å²) in [6.45, 7) is -0.583. The maximum absolute atomic E-state index is 11.9. The molecule has 0 saturated heterocycles. The van der Waals surface area contributed by atoms with Crippen molar-refractivity contribution < 1.29 is 24.0 Å². The number of nitro groups is 1. The number of carbonyl (C=O) groups is 2. The molecule has 0 heterocycles. The highest BCUT2D eigenvalue weighted by Gasteiger charge is 2.17. The highest BCUT2D eigenvalue weighted by molar-refractivity contribution is 6.32. The topological polar surface area (TPSA) is 134 Å². The van der Waals surface area contributed by atoms with Gasteiger partial charge in [0.15, 0.2) is 6.61 Å². The van der Waals surface area contributed by atoms with Crippen molar-refractivity contribution in [3.8, 4) is 5.75 Å². The third-order valence-electron chi connectivity index (χ3n) is 3.23. The first-order valence-corrected chi connectivity index (χ1v) is 7.54. The van der Waals surface area contributed by atoms with Crippen molar-refractivity contribution in [1.82, 2.24) is 0 Å². The summed E-state index contributed by atoms with van der Waals surface area (Å²) in [6.07, 6.45) is 0. The van der Waals surface area contributed by atoms with Crippen molar-refractivity contribution in [2.75, 3.05) is 24.8 Å². The average Bonchev–Trinajstić information content (AvgIpc) is 2.60. The van der Waals surface area contributed by atoms with E-state index in [2.05, 4.69) is 5.32 Å². The van der Waals surface area contributed by atoms with Crippen molar-refractivity contribution in [2.45, 2.75) is 0 Å². The number of esters is 1. The Kier molecular flexibility index (Phi) is 5.97. The molecule has 26 heavy (non-hydrogen) atoms. The quantitative estimate of drug-likeness (QED) is 0.341. The molecule has 10 heteroatoms. The number of nitrogen functional groups attached to an aromatic ring is 1. The van der Waals surface area contributed by atoms with Gasteiger partial charge in [-0.05, 0) is 30.3 Å². The molecule has 0 aromatic heterocycles. The molecule has 0 aliphatic rings. The Hall–Kier alpha value is -3.33. The number of ether oxygens (including phenoxy) is 2. The van der Waals surface area contributed by atoms with E-state index in [0.717, 1.165) is 6.07 Å². The van der Waals surface area contributed by atoms with E-state index in [0.29, 0.717) is 16.5 Å². The van der Waals surface area contributed by atoms with Crippen LogP contribution in [-0.4, -0.2) is 30.5 Å². The number of carbonyl (C=O) groups excluding carboxylic acids is 2. The Morgan fingerprint density at radius 3 is 2.62 bits per heavy atom. The summed E-state index contributed by atoms with van der Waals surface area (Å²) in [4.78, 5) is 33.9. The fourth-order valence-corrected chi connectivity index (χ4v) is 2.24. The summed E-state index contributed by atoms with van der Waals surface area (Å²) in [6, 6.07) is 8.08. The highest BCUT2D eigenvalue weighted by Crippen LogP contribution is 2.27. The minimum atomic E-state index is -0.893. The van der Waals surface area contributed by atoms with Gasteiger partial charge < -0.3 is 20.5 Å². The number of methoxy groups -OCH3 is 1. The summed E-state index contributed by atoms with van der Waals surface area (Å²) in [5.41, 5.74) is 5.25. The molecule has 136 valence electrons. The van der Waals surface area contributed by atoms with Crippen LogP contribution in [0.4, 0.5) is 17.1 Å². The lowest BCUT2D eigenvalue weighted by Gasteiger charge is -2.09. The van der Waals surface area contributed by atoms with Crippen molar-refractivity contribution >= 4 is 40.5 Å². The largest absolute Gasteiger partial charge is 0.495 e. The van der Waals surface area contributed by atoms with E-state index in [-0.39, 0.29) is 11.3 Å². The molecular formula is C16H14ClN3O6. The smallest absolute Gasteiger partial charge is 0.338 e. The van der Waals surface area contributed by atoms with Crippen LogP contribution in [-0.2, 0) is 9.53 Å². The van der Waals surface area contributed by atoms with E-state index in [1.165, 1.54) is 25.3 Å². The van der Waals surface area contributed by atoms with Gasteiger partial charge in [-0.1, -0.05) is 11.6 Å². The van der Waals surface area contributed by atoms with E-state index in [9.17, 15) is 19.7 Å². The molecule has 3 N–H and O–H groups in total. The number of nitro benzene ring substituents is 1. The van der Waals surface area contributed by atoms with Crippen LogP contribution in [0.15, 0.2) is 36.4 Å². The standard InChI is InChI=1S/C16H14ClN3O6/c1-25-14-5-3-10(7-11(14)17)19-15(21)8-26-16(22)9-2-4-12(18)13(6-9)20(23)24/h2-7H,8,18H2,1H3,(H,19,21). The first kappa shape index (κ1) is 19.0. The predicted molar refractivity (Wildman–Crippen MR) is 94.4 cm³/mol. The SMILES string of the molecule is COc1ccc(NC(=O)COC(=O)c2ccc(N)c([N+](=O)[O-])c2)cc1Cl. The lowest BCUT2D eigenvalue weighted by molar-refractivity contribution is -0.383. The molecule has 0 fully saturated rings. The lowest BCUT2D eigenvalue weighted by Crippen LogP contribution is -2.21. The predicted octanol–water partition coefficient (Wildman–Crippen LogP) is 2.63. The molecule has 2 aromatic rings. The molecule has 0 unspecified atom stereocenters.